The van der Waals surface area contributed by atoms with Crippen LogP contribution in [0.4, 0.5) is 0 Å². The highest BCUT2D eigenvalue weighted by molar-refractivity contribution is 6.34. The summed E-state index contributed by atoms with van der Waals surface area (Å²) in [6, 6.07) is 6.53. The van der Waals surface area contributed by atoms with Crippen molar-refractivity contribution < 1.29 is 19.1 Å². The topological polar surface area (TPSA) is 118 Å². The normalized spacial score (nSPS) is 15.4. The third-order valence-corrected chi connectivity index (χ3v) is 4.81. The van der Waals surface area contributed by atoms with Crippen molar-refractivity contribution in [2.75, 3.05) is 46.0 Å². The van der Waals surface area contributed by atoms with Crippen LogP contribution in [0.5, 0.6) is 0 Å². The standard InChI is InChI=1S/C20H27ClN4O4/c1-2-16(22)18(19(23)24-7-8-25-9-11-28-12-10-25)20(27)29-13-17(26)14-5-3-4-6-15(14)21/h3-6,22,24H,2,7-13,23H2,1H3/b19-18+,22-16?. The van der Waals surface area contributed by atoms with Crippen LogP contribution in [0.2, 0.25) is 5.02 Å². The molecule has 0 saturated carbocycles. The zero-order chi connectivity index (χ0) is 21.2. The van der Waals surface area contributed by atoms with Crippen LogP contribution in [0.3, 0.4) is 0 Å². The number of morpholine rings is 1. The Bertz CT molecular complexity index is 775. The van der Waals surface area contributed by atoms with Gasteiger partial charge in [0.25, 0.3) is 0 Å². The third kappa shape index (κ3) is 6.85. The van der Waals surface area contributed by atoms with Gasteiger partial charge in [-0.1, -0.05) is 30.7 Å². The van der Waals surface area contributed by atoms with E-state index in [0.717, 1.165) is 19.6 Å². The van der Waals surface area contributed by atoms with Gasteiger partial charge in [-0.05, 0) is 18.6 Å². The fraction of sp³-hybridized carbons (Fsp3) is 0.450. The van der Waals surface area contributed by atoms with Gasteiger partial charge in [-0.2, -0.15) is 0 Å². The van der Waals surface area contributed by atoms with Crippen LogP contribution in [-0.2, 0) is 14.3 Å². The smallest absolute Gasteiger partial charge is 0.344 e. The molecule has 0 aromatic heterocycles. The summed E-state index contributed by atoms with van der Waals surface area (Å²) in [6.45, 7) is 5.58. The van der Waals surface area contributed by atoms with Gasteiger partial charge in [0.15, 0.2) is 6.61 Å². The summed E-state index contributed by atoms with van der Waals surface area (Å²) in [5.41, 5.74) is 6.29. The molecule has 0 spiro atoms. The number of carbonyl (C=O) groups excluding carboxylic acids is 2. The number of ether oxygens (including phenoxy) is 2. The Morgan fingerprint density at radius 3 is 2.66 bits per heavy atom. The number of hydrogen-bond donors (Lipinski definition) is 3. The Morgan fingerprint density at radius 2 is 2.00 bits per heavy atom. The second-order valence-electron chi connectivity index (χ2n) is 6.48. The van der Waals surface area contributed by atoms with E-state index < -0.39 is 18.4 Å². The summed E-state index contributed by atoms with van der Waals surface area (Å²) in [5, 5.41) is 11.3. The highest BCUT2D eigenvalue weighted by Crippen LogP contribution is 2.16. The van der Waals surface area contributed by atoms with Crippen molar-refractivity contribution in [2.45, 2.75) is 13.3 Å². The summed E-state index contributed by atoms with van der Waals surface area (Å²) in [6.07, 6.45) is 0.300. The van der Waals surface area contributed by atoms with Crippen molar-refractivity contribution in [3.05, 3.63) is 46.2 Å². The number of nitrogens with two attached hydrogens (primary N) is 1. The van der Waals surface area contributed by atoms with Crippen LogP contribution in [-0.4, -0.2) is 68.4 Å². The van der Waals surface area contributed by atoms with Crippen LogP contribution in [0, 0.1) is 5.41 Å². The second kappa shape index (κ2) is 11.5. The molecule has 0 aliphatic carbocycles. The number of esters is 1. The fourth-order valence-corrected chi connectivity index (χ4v) is 3.04. The molecule has 1 aromatic carbocycles. The molecule has 1 fully saturated rings. The Hall–Kier alpha value is -2.42. The summed E-state index contributed by atoms with van der Waals surface area (Å²) < 4.78 is 10.4. The quantitative estimate of drug-likeness (QED) is 0.227. The van der Waals surface area contributed by atoms with Crippen molar-refractivity contribution in [3.63, 3.8) is 0 Å². The van der Waals surface area contributed by atoms with Crippen LogP contribution < -0.4 is 11.1 Å². The maximum atomic E-state index is 12.5. The van der Waals surface area contributed by atoms with E-state index in [4.69, 9.17) is 32.2 Å². The van der Waals surface area contributed by atoms with Gasteiger partial charge >= 0.3 is 5.97 Å². The van der Waals surface area contributed by atoms with Crippen molar-refractivity contribution in [2.24, 2.45) is 5.73 Å². The third-order valence-electron chi connectivity index (χ3n) is 4.48. The van der Waals surface area contributed by atoms with Gasteiger partial charge in [0.1, 0.15) is 11.4 Å². The molecule has 2 rings (SSSR count). The summed E-state index contributed by atoms with van der Waals surface area (Å²) >= 11 is 6.00. The molecule has 1 aromatic rings. The maximum Gasteiger partial charge on any atom is 0.344 e. The zero-order valence-electron chi connectivity index (χ0n) is 16.5. The molecule has 0 unspecified atom stereocenters. The van der Waals surface area contributed by atoms with Crippen molar-refractivity contribution >= 4 is 29.1 Å². The first kappa shape index (κ1) is 22.9. The minimum absolute atomic E-state index is 0.0385. The maximum absolute atomic E-state index is 12.5. The Kier molecular flexibility index (Phi) is 9.11. The van der Waals surface area contributed by atoms with Gasteiger partial charge in [-0.15, -0.1) is 0 Å². The van der Waals surface area contributed by atoms with E-state index in [1.165, 1.54) is 0 Å². The van der Waals surface area contributed by atoms with Crippen molar-refractivity contribution in [1.82, 2.24) is 10.2 Å². The number of rotatable bonds is 10. The van der Waals surface area contributed by atoms with E-state index >= 15 is 0 Å². The second-order valence-corrected chi connectivity index (χ2v) is 6.89. The minimum atomic E-state index is -0.811. The molecule has 1 aliphatic heterocycles. The van der Waals surface area contributed by atoms with E-state index in [9.17, 15) is 9.59 Å². The summed E-state index contributed by atoms with van der Waals surface area (Å²) in [4.78, 5) is 27.0. The van der Waals surface area contributed by atoms with Crippen LogP contribution >= 0.6 is 11.6 Å². The van der Waals surface area contributed by atoms with Crippen molar-refractivity contribution in [3.8, 4) is 0 Å². The van der Waals surface area contributed by atoms with E-state index in [2.05, 4.69) is 10.2 Å². The highest BCUT2D eigenvalue weighted by Gasteiger charge is 2.22. The Balaban J connectivity index is 1.97. The minimum Gasteiger partial charge on any atom is -0.454 e. The predicted octanol–water partition coefficient (Wildman–Crippen LogP) is 1.59. The fourth-order valence-electron chi connectivity index (χ4n) is 2.80. The van der Waals surface area contributed by atoms with Gasteiger partial charge in [0, 0.05) is 37.5 Å². The van der Waals surface area contributed by atoms with E-state index in [0.29, 0.717) is 26.2 Å². The number of ketones is 1. The van der Waals surface area contributed by atoms with Gasteiger partial charge < -0.3 is 25.9 Å². The number of Topliss-reactive ketones (excluding diaryl/α,β-unsaturated/α-hetero) is 1. The van der Waals surface area contributed by atoms with E-state index in [1.807, 2.05) is 0 Å². The molecule has 158 valence electrons. The molecular formula is C20H27ClN4O4. The summed E-state index contributed by atoms with van der Waals surface area (Å²) in [5.74, 6) is -1.17. The largest absolute Gasteiger partial charge is 0.454 e. The molecule has 0 bridgehead atoms. The number of benzene rings is 1. The molecule has 0 amide bonds. The summed E-state index contributed by atoms with van der Waals surface area (Å²) in [7, 11) is 0. The lowest BCUT2D eigenvalue weighted by molar-refractivity contribution is -0.137. The molecule has 1 saturated heterocycles. The zero-order valence-corrected chi connectivity index (χ0v) is 17.3. The van der Waals surface area contributed by atoms with Crippen molar-refractivity contribution in [1.29, 1.82) is 5.41 Å². The van der Waals surface area contributed by atoms with Crippen LogP contribution in [0.1, 0.15) is 23.7 Å². The van der Waals surface area contributed by atoms with Crippen LogP contribution in [0.15, 0.2) is 35.7 Å². The van der Waals surface area contributed by atoms with Gasteiger partial charge in [0.2, 0.25) is 5.78 Å². The number of halogens is 1. The predicted molar refractivity (Wildman–Crippen MR) is 111 cm³/mol. The molecule has 29 heavy (non-hydrogen) atoms. The molecular weight excluding hydrogens is 396 g/mol. The highest BCUT2D eigenvalue weighted by atomic mass is 35.5. The lowest BCUT2D eigenvalue weighted by Gasteiger charge is -2.26. The molecule has 0 radical (unpaired) electrons. The first-order valence-corrected chi connectivity index (χ1v) is 9.88. The van der Waals surface area contributed by atoms with E-state index in [-0.39, 0.29) is 27.7 Å². The lowest BCUT2D eigenvalue weighted by atomic mass is 10.1. The first-order valence-electron chi connectivity index (χ1n) is 9.50. The van der Waals surface area contributed by atoms with Crippen LogP contribution in [0.25, 0.3) is 0 Å². The lowest BCUT2D eigenvalue weighted by Crippen LogP contribution is -2.41. The van der Waals surface area contributed by atoms with Gasteiger partial charge in [0.05, 0.1) is 18.2 Å². The monoisotopic (exact) mass is 422 g/mol. The average molecular weight is 423 g/mol. The molecule has 8 nitrogen and oxygen atoms in total. The molecule has 4 N–H and O–H groups in total. The number of carbonyl (C=O) groups is 2. The van der Waals surface area contributed by atoms with Gasteiger partial charge in [-0.3, -0.25) is 9.69 Å². The van der Waals surface area contributed by atoms with E-state index in [1.54, 1.807) is 31.2 Å². The van der Waals surface area contributed by atoms with Gasteiger partial charge in [-0.25, -0.2) is 4.79 Å². The number of hydrogen-bond acceptors (Lipinski definition) is 8. The molecule has 1 aliphatic rings. The molecule has 9 heteroatoms. The Morgan fingerprint density at radius 1 is 1.31 bits per heavy atom. The number of nitrogens with one attached hydrogen (secondary N) is 2. The molecule has 1 heterocycles. The SMILES string of the molecule is CCC(=N)/C(C(=O)OCC(=O)c1ccccc1Cl)=C(/N)NCCN1CCOCC1. The molecule has 0 atom stereocenters. The number of nitrogens with zero attached hydrogens (tertiary/aromatic N) is 1. The average Bonchev–Trinajstić information content (AvgIpc) is 2.73. The first-order chi connectivity index (χ1) is 13.9. The Labute approximate surface area is 175 Å².